The second-order valence-electron chi connectivity index (χ2n) is 10.6. The van der Waals surface area contributed by atoms with Gasteiger partial charge in [0.15, 0.2) is 17.5 Å². The van der Waals surface area contributed by atoms with Gasteiger partial charge in [-0.2, -0.15) is 0 Å². The molecule has 0 fully saturated rings. The fourth-order valence-electron chi connectivity index (χ4n) is 6.17. The smallest absolute Gasteiger partial charge is 0.183 e. The molecule has 3 heterocycles. The third kappa shape index (κ3) is 3.75. The highest BCUT2D eigenvalue weighted by Crippen LogP contribution is 2.46. The van der Waals surface area contributed by atoms with Gasteiger partial charge in [-0.3, -0.25) is 0 Å². The normalized spacial score (nSPS) is 11.7. The van der Waals surface area contributed by atoms with Gasteiger partial charge in [0.25, 0.3) is 0 Å². The van der Waals surface area contributed by atoms with E-state index in [0.717, 1.165) is 38.5 Å². The molecule has 5 heteroatoms. The van der Waals surface area contributed by atoms with Crippen LogP contribution in [-0.4, -0.2) is 19.9 Å². The second-order valence-corrected chi connectivity index (χ2v) is 11.7. The molecule has 0 aliphatic heterocycles. The first-order valence-electron chi connectivity index (χ1n) is 14.3. The van der Waals surface area contributed by atoms with Gasteiger partial charge in [-0.1, -0.05) is 127 Å². The van der Waals surface area contributed by atoms with Crippen molar-refractivity contribution in [3.63, 3.8) is 0 Å². The van der Waals surface area contributed by atoms with Crippen LogP contribution in [0.2, 0.25) is 0 Å². The van der Waals surface area contributed by atoms with Crippen LogP contribution in [0.5, 0.6) is 0 Å². The Morgan fingerprint density at radius 3 is 1.51 bits per heavy atom. The van der Waals surface area contributed by atoms with E-state index in [2.05, 4.69) is 72.8 Å². The maximum absolute atomic E-state index is 5.45. The van der Waals surface area contributed by atoms with E-state index in [1.165, 1.54) is 30.9 Å². The minimum absolute atomic E-state index is 0.561. The number of nitrogens with zero attached hydrogens (tertiary/aromatic N) is 4. The largest absolute Gasteiger partial charge is 0.243 e. The van der Waals surface area contributed by atoms with E-state index in [1.807, 2.05) is 72.0 Å². The SMILES string of the molecule is c1ccc(-c2nc(-c3ccccc3)nc(-c3nc4c5ccccc5c5c6ccccc6sc5c4c4ccccc34)n2)cc1. The summed E-state index contributed by atoms with van der Waals surface area (Å²) < 4.78 is 2.54. The van der Waals surface area contributed by atoms with E-state index < -0.39 is 0 Å². The molecule has 9 rings (SSSR count). The minimum atomic E-state index is 0.561. The summed E-state index contributed by atoms with van der Waals surface area (Å²) in [5.74, 6) is 1.81. The van der Waals surface area contributed by atoms with Gasteiger partial charge in [0.1, 0.15) is 5.69 Å². The first-order valence-corrected chi connectivity index (χ1v) is 15.1. The van der Waals surface area contributed by atoms with Crippen molar-refractivity contribution in [2.45, 2.75) is 0 Å². The maximum Gasteiger partial charge on any atom is 0.183 e. The van der Waals surface area contributed by atoms with Gasteiger partial charge >= 0.3 is 0 Å². The lowest BCUT2D eigenvalue weighted by molar-refractivity contribution is 1.07. The highest BCUT2D eigenvalue weighted by molar-refractivity contribution is 7.27. The Balaban J connectivity index is 1.44. The molecule has 0 bridgehead atoms. The van der Waals surface area contributed by atoms with E-state index >= 15 is 0 Å². The second kappa shape index (κ2) is 9.51. The van der Waals surface area contributed by atoms with E-state index in [-0.39, 0.29) is 0 Å². The van der Waals surface area contributed by atoms with Gasteiger partial charge in [-0.15, -0.1) is 11.3 Å². The lowest BCUT2D eigenvalue weighted by atomic mass is 9.96. The van der Waals surface area contributed by atoms with Crippen molar-refractivity contribution in [3.05, 3.63) is 133 Å². The Bertz CT molecular complexity index is 2450. The quantitative estimate of drug-likeness (QED) is 0.200. The highest BCUT2D eigenvalue weighted by Gasteiger charge is 2.21. The molecule has 9 aromatic rings. The molecule has 0 N–H and O–H groups in total. The highest BCUT2D eigenvalue weighted by atomic mass is 32.1. The predicted octanol–water partition coefficient (Wildman–Crippen LogP) is 10.1. The van der Waals surface area contributed by atoms with Crippen molar-refractivity contribution in [1.82, 2.24) is 19.9 Å². The molecule has 43 heavy (non-hydrogen) atoms. The number of rotatable bonds is 3. The van der Waals surface area contributed by atoms with Gasteiger partial charge in [-0.05, 0) is 16.8 Å². The Labute approximate surface area is 251 Å². The molecule has 0 amide bonds. The molecule has 0 saturated heterocycles. The fraction of sp³-hybridized carbons (Fsp3) is 0. The number of thiophene rings is 1. The lowest BCUT2D eigenvalue weighted by Gasteiger charge is -2.14. The van der Waals surface area contributed by atoms with E-state index in [1.54, 1.807) is 0 Å². The first-order chi connectivity index (χ1) is 21.3. The standard InChI is InChI=1S/C38H22N4S/c1-3-13-23(14-4-1)36-40-37(24-15-5-2-6-16-24)42-38(41-36)34-28-20-10-8-18-26(28)32-33(39-34)27-19-9-7-17-25(27)31-29-21-11-12-22-30(29)43-35(31)32/h1-22H. The van der Waals surface area contributed by atoms with E-state index in [4.69, 9.17) is 19.9 Å². The summed E-state index contributed by atoms with van der Waals surface area (Å²) in [6.07, 6.45) is 0. The molecule has 0 unspecified atom stereocenters. The number of aromatic nitrogens is 4. The molecule has 200 valence electrons. The van der Waals surface area contributed by atoms with Crippen LogP contribution in [0.4, 0.5) is 0 Å². The summed E-state index contributed by atoms with van der Waals surface area (Å²) in [7, 11) is 0. The molecule has 3 aromatic heterocycles. The van der Waals surface area contributed by atoms with Crippen LogP contribution in [-0.2, 0) is 0 Å². The number of benzene rings is 6. The van der Waals surface area contributed by atoms with E-state index in [9.17, 15) is 0 Å². The van der Waals surface area contributed by atoms with Crippen LogP contribution in [0.1, 0.15) is 0 Å². The van der Waals surface area contributed by atoms with Crippen LogP contribution in [0.25, 0.3) is 86.9 Å². The monoisotopic (exact) mass is 566 g/mol. The Morgan fingerprint density at radius 1 is 0.372 bits per heavy atom. The molecule has 0 saturated carbocycles. The number of hydrogen-bond donors (Lipinski definition) is 0. The average Bonchev–Trinajstić information content (AvgIpc) is 3.48. The molecule has 6 aromatic carbocycles. The lowest BCUT2D eigenvalue weighted by Crippen LogP contribution is -2.02. The summed E-state index contributed by atoms with van der Waals surface area (Å²) in [6, 6.07) is 46.0. The van der Waals surface area contributed by atoms with Crippen molar-refractivity contribution in [3.8, 4) is 34.3 Å². The molecule has 4 nitrogen and oxygen atoms in total. The van der Waals surface area contributed by atoms with Gasteiger partial charge in [-0.25, -0.2) is 19.9 Å². The summed E-state index contributed by atoms with van der Waals surface area (Å²) in [6.45, 7) is 0. The topological polar surface area (TPSA) is 51.6 Å². The van der Waals surface area contributed by atoms with Gasteiger partial charge in [0.2, 0.25) is 0 Å². The number of hydrogen-bond acceptors (Lipinski definition) is 5. The molecular weight excluding hydrogens is 545 g/mol. The van der Waals surface area contributed by atoms with Crippen molar-refractivity contribution in [2.75, 3.05) is 0 Å². The Hall–Kier alpha value is -5.52. The molecular formula is C38H22N4S. The van der Waals surface area contributed by atoms with Crippen molar-refractivity contribution in [2.24, 2.45) is 0 Å². The van der Waals surface area contributed by atoms with Crippen LogP contribution in [0, 0.1) is 0 Å². The third-order valence-electron chi connectivity index (χ3n) is 8.10. The number of pyridine rings is 1. The van der Waals surface area contributed by atoms with Gasteiger partial charge in [0.05, 0.1) is 5.52 Å². The zero-order chi connectivity index (χ0) is 28.3. The predicted molar refractivity (Wildman–Crippen MR) is 179 cm³/mol. The molecule has 0 aliphatic carbocycles. The molecule has 0 aliphatic rings. The maximum atomic E-state index is 5.45. The van der Waals surface area contributed by atoms with E-state index in [0.29, 0.717) is 17.5 Å². The molecule has 0 radical (unpaired) electrons. The summed E-state index contributed by atoms with van der Waals surface area (Å²) in [4.78, 5) is 20.5. The molecule has 0 atom stereocenters. The fourth-order valence-corrected chi connectivity index (χ4v) is 7.45. The summed E-state index contributed by atoms with van der Waals surface area (Å²) in [5.41, 5.74) is 3.59. The van der Waals surface area contributed by atoms with Gasteiger partial charge < -0.3 is 0 Å². The van der Waals surface area contributed by atoms with Gasteiger partial charge in [0, 0.05) is 47.5 Å². The van der Waals surface area contributed by atoms with Crippen LogP contribution < -0.4 is 0 Å². The summed E-state index contributed by atoms with van der Waals surface area (Å²) >= 11 is 1.84. The zero-order valence-electron chi connectivity index (χ0n) is 22.9. The third-order valence-corrected chi connectivity index (χ3v) is 9.29. The first kappa shape index (κ1) is 24.1. The Morgan fingerprint density at radius 2 is 0.860 bits per heavy atom. The van der Waals surface area contributed by atoms with Crippen LogP contribution in [0.3, 0.4) is 0 Å². The van der Waals surface area contributed by atoms with Crippen LogP contribution >= 0.6 is 11.3 Å². The Kier molecular flexibility index (Phi) is 5.33. The van der Waals surface area contributed by atoms with Crippen molar-refractivity contribution < 1.29 is 0 Å². The van der Waals surface area contributed by atoms with Crippen LogP contribution in [0.15, 0.2) is 133 Å². The summed E-state index contributed by atoms with van der Waals surface area (Å²) in [5, 5.41) is 8.26. The molecule has 0 spiro atoms. The average molecular weight is 567 g/mol. The number of fused-ring (bicyclic) bond motifs is 10. The van der Waals surface area contributed by atoms with Crippen molar-refractivity contribution in [1.29, 1.82) is 0 Å². The van der Waals surface area contributed by atoms with Crippen molar-refractivity contribution >= 4 is 64.0 Å². The minimum Gasteiger partial charge on any atom is -0.243 e. The zero-order valence-corrected chi connectivity index (χ0v) is 23.7.